The van der Waals surface area contributed by atoms with Crippen LogP contribution < -0.4 is 14.8 Å². The molecule has 5 atom stereocenters. The van der Waals surface area contributed by atoms with Gasteiger partial charge in [0.25, 0.3) is 5.91 Å². The van der Waals surface area contributed by atoms with Gasteiger partial charge in [-0.3, -0.25) is 9.59 Å². The first-order valence-electron chi connectivity index (χ1n) is 12.7. The smallest absolute Gasteiger partial charge is 0.255 e. The van der Waals surface area contributed by atoms with Crippen molar-refractivity contribution in [2.45, 2.75) is 64.3 Å². The summed E-state index contributed by atoms with van der Waals surface area (Å²) in [7, 11) is 1.34. The van der Waals surface area contributed by atoms with Gasteiger partial charge < -0.3 is 45.1 Å². The van der Waals surface area contributed by atoms with Gasteiger partial charge in [-0.05, 0) is 63.1 Å². The van der Waals surface area contributed by atoms with Crippen LogP contribution in [-0.2, 0) is 22.4 Å². The van der Waals surface area contributed by atoms with E-state index in [1.54, 1.807) is 0 Å². The predicted molar refractivity (Wildman–Crippen MR) is 143 cm³/mol. The topological polar surface area (TPSA) is 175 Å². The Morgan fingerprint density at radius 2 is 1.82 bits per heavy atom. The molecule has 11 heteroatoms. The molecule has 0 aromatic heterocycles. The van der Waals surface area contributed by atoms with Crippen LogP contribution >= 0.6 is 0 Å². The van der Waals surface area contributed by atoms with E-state index in [0.717, 1.165) is 5.57 Å². The molecular weight excluding hydrogens is 522 g/mol. The molecule has 1 aliphatic carbocycles. The Bertz CT molecular complexity index is 1380. The van der Waals surface area contributed by atoms with E-state index in [0.29, 0.717) is 12.0 Å². The minimum absolute atomic E-state index is 0.0372. The van der Waals surface area contributed by atoms with Crippen molar-refractivity contribution in [3.8, 4) is 17.2 Å². The van der Waals surface area contributed by atoms with Gasteiger partial charge in [0.2, 0.25) is 6.29 Å². The first-order chi connectivity index (χ1) is 18.9. The maximum atomic E-state index is 13.1. The van der Waals surface area contributed by atoms with Crippen molar-refractivity contribution in [3.05, 3.63) is 69.9 Å². The fourth-order valence-corrected chi connectivity index (χ4v) is 4.59. The normalized spacial score (nSPS) is 24.3. The number of hydrogen-bond donors (Lipinski definition) is 6. The van der Waals surface area contributed by atoms with E-state index in [-0.39, 0.29) is 46.1 Å². The van der Waals surface area contributed by atoms with E-state index < -0.39 is 48.2 Å². The van der Waals surface area contributed by atoms with Gasteiger partial charge in [0.05, 0.1) is 13.2 Å². The highest BCUT2D eigenvalue weighted by atomic mass is 16.7. The number of hydrogen-bond acceptors (Lipinski definition) is 10. The molecule has 1 heterocycles. The second-order valence-electron chi connectivity index (χ2n) is 10.0. The number of benzene rings is 2. The summed E-state index contributed by atoms with van der Waals surface area (Å²) in [5.41, 5.74) is 2.00. The molecule has 0 saturated carbocycles. The van der Waals surface area contributed by atoms with Gasteiger partial charge >= 0.3 is 0 Å². The van der Waals surface area contributed by atoms with Gasteiger partial charge in [0.15, 0.2) is 17.3 Å². The van der Waals surface area contributed by atoms with Crippen LogP contribution in [0.1, 0.15) is 47.8 Å². The number of carbonyl (C=O) groups is 2. The third-order valence-electron chi connectivity index (χ3n) is 6.90. The van der Waals surface area contributed by atoms with Gasteiger partial charge in [-0.2, -0.15) is 0 Å². The molecule has 1 fully saturated rings. The number of phenolic OH excluding ortho intramolecular Hbond substituents is 1. The first kappa shape index (κ1) is 29.1. The van der Waals surface area contributed by atoms with Crippen LogP contribution in [0.5, 0.6) is 17.2 Å². The van der Waals surface area contributed by atoms with Gasteiger partial charge in [0, 0.05) is 23.1 Å². The number of aliphatic hydroxyl groups excluding tert-OH is 4. The number of carbonyl (C=O) groups excluding carboxylic acids is 2. The van der Waals surface area contributed by atoms with Crippen LogP contribution in [-0.4, -0.2) is 75.0 Å². The fraction of sp³-hybridized carbons (Fsp3) is 0.379. The van der Waals surface area contributed by atoms with Crippen molar-refractivity contribution >= 4 is 17.4 Å². The molecule has 0 spiro atoms. The number of aliphatic hydroxyl groups is 4. The van der Waals surface area contributed by atoms with E-state index in [1.165, 1.54) is 44.4 Å². The SMILES string of the molecule is COc1c(O[C@@H]2OC(C)[C@H](O)[C@H](O)C2O)ccc2c1CC(=O)C(NC(=O)c1ccc(O)c(CC=C(C)C)c1)=C2O. The quantitative estimate of drug-likeness (QED) is 0.277. The Morgan fingerprint density at radius 1 is 1.10 bits per heavy atom. The number of amides is 1. The molecule has 4 rings (SSSR count). The van der Waals surface area contributed by atoms with Crippen molar-refractivity contribution in [2.75, 3.05) is 7.11 Å². The molecular formula is C29H33NO10. The number of phenols is 1. The first-order valence-corrected chi connectivity index (χ1v) is 12.7. The monoisotopic (exact) mass is 555 g/mol. The second-order valence-corrected chi connectivity index (χ2v) is 10.0. The average molecular weight is 556 g/mol. The Balaban J connectivity index is 1.61. The minimum Gasteiger partial charge on any atom is -0.508 e. The summed E-state index contributed by atoms with van der Waals surface area (Å²) in [5, 5.41) is 53.9. The maximum Gasteiger partial charge on any atom is 0.255 e. The molecule has 1 amide bonds. The maximum absolute atomic E-state index is 13.1. The highest BCUT2D eigenvalue weighted by molar-refractivity contribution is 6.10. The number of ketones is 1. The summed E-state index contributed by atoms with van der Waals surface area (Å²) in [6, 6.07) is 7.23. The van der Waals surface area contributed by atoms with E-state index in [1.807, 2.05) is 19.9 Å². The molecule has 11 nitrogen and oxygen atoms in total. The molecule has 214 valence electrons. The Labute approximate surface area is 230 Å². The lowest BCUT2D eigenvalue weighted by Crippen LogP contribution is -2.58. The zero-order chi connectivity index (χ0) is 29.3. The molecule has 0 radical (unpaired) electrons. The van der Waals surface area contributed by atoms with Crippen molar-refractivity contribution in [1.82, 2.24) is 5.32 Å². The number of methoxy groups -OCH3 is 1. The molecule has 1 aliphatic heterocycles. The summed E-state index contributed by atoms with van der Waals surface area (Å²) >= 11 is 0. The summed E-state index contributed by atoms with van der Waals surface area (Å²) in [4.78, 5) is 26.1. The van der Waals surface area contributed by atoms with Gasteiger partial charge in [-0.1, -0.05) is 11.6 Å². The highest BCUT2D eigenvalue weighted by Gasteiger charge is 2.43. The van der Waals surface area contributed by atoms with Crippen LogP contribution in [0, 0.1) is 0 Å². The number of nitrogens with one attached hydrogen (secondary N) is 1. The minimum atomic E-state index is -1.56. The fourth-order valence-electron chi connectivity index (χ4n) is 4.59. The van der Waals surface area contributed by atoms with Gasteiger partial charge in [-0.25, -0.2) is 0 Å². The Morgan fingerprint density at radius 3 is 2.50 bits per heavy atom. The molecule has 2 unspecified atom stereocenters. The molecule has 0 bridgehead atoms. The van der Waals surface area contributed by atoms with Gasteiger partial charge in [0.1, 0.15) is 35.5 Å². The lowest BCUT2D eigenvalue weighted by molar-refractivity contribution is -0.268. The van der Waals surface area contributed by atoms with E-state index in [4.69, 9.17) is 14.2 Å². The third kappa shape index (κ3) is 5.68. The van der Waals surface area contributed by atoms with E-state index in [2.05, 4.69) is 5.32 Å². The number of ether oxygens (including phenoxy) is 3. The number of Topliss-reactive ketones (excluding diaryl/α,β-unsaturated/α-hetero) is 1. The van der Waals surface area contributed by atoms with Gasteiger partial charge in [-0.15, -0.1) is 0 Å². The molecule has 2 aromatic rings. The van der Waals surface area contributed by atoms with E-state index >= 15 is 0 Å². The van der Waals surface area contributed by atoms with Crippen LogP contribution in [0.4, 0.5) is 0 Å². The number of fused-ring (bicyclic) bond motifs is 1. The second kappa shape index (κ2) is 11.7. The van der Waals surface area contributed by atoms with Crippen LogP contribution in [0.3, 0.4) is 0 Å². The Hall–Kier alpha value is -3.90. The van der Waals surface area contributed by atoms with Crippen LogP contribution in [0.15, 0.2) is 47.7 Å². The number of rotatable bonds is 7. The standard InChI is InChI=1S/C29H33NO10/c1-13(2)5-6-15-11-16(7-9-19(15)31)28(37)30-22-20(32)12-18-17(24(22)34)8-10-21(27(18)38-4)40-29-26(36)25(35)23(33)14(3)39-29/h5,7-11,14,23,25-26,29,31,33-36H,6,12H2,1-4H3,(H,30,37)/t14?,23-,25-,26?,29-/m0/s1. The average Bonchev–Trinajstić information content (AvgIpc) is 2.91. The van der Waals surface area contributed by atoms with E-state index in [9.17, 15) is 35.1 Å². The molecule has 2 aliphatic rings. The summed E-state index contributed by atoms with van der Waals surface area (Å²) in [6.07, 6.45) is -4.47. The largest absolute Gasteiger partial charge is 0.508 e. The highest BCUT2D eigenvalue weighted by Crippen LogP contribution is 2.41. The predicted octanol–water partition coefficient (Wildman–Crippen LogP) is 1.90. The zero-order valence-corrected chi connectivity index (χ0v) is 22.5. The van der Waals surface area contributed by atoms with Crippen molar-refractivity contribution in [2.24, 2.45) is 0 Å². The zero-order valence-electron chi connectivity index (χ0n) is 22.5. The Kier molecular flexibility index (Phi) is 8.50. The lowest BCUT2D eigenvalue weighted by Gasteiger charge is -2.39. The molecule has 2 aromatic carbocycles. The molecule has 40 heavy (non-hydrogen) atoms. The molecule has 6 N–H and O–H groups in total. The third-order valence-corrected chi connectivity index (χ3v) is 6.90. The van der Waals surface area contributed by atoms with Crippen molar-refractivity contribution in [3.63, 3.8) is 0 Å². The summed E-state index contributed by atoms with van der Waals surface area (Å²) in [5.74, 6) is -1.48. The summed E-state index contributed by atoms with van der Waals surface area (Å²) in [6.45, 7) is 5.35. The van der Waals surface area contributed by atoms with Crippen molar-refractivity contribution < 1.29 is 49.3 Å². The molecule has 1 saturated heterocycles. The van der Waals surface area contributed by atoms with Crippen LogP contribution in [0.2, 0.25) is 0 Å². The van der Waals surface area contributed by atoms with Crippen LogP contribution in [0.25, 0.3) is 5.76 Å². The van der Waals surface area contributed by atoms with Crippen molar-refractivity contribution in [1.29, 1.82) is 0 Å². The lowest BCUT2D eigenvalue weighted by atomic mass is 9.91. The number of aromatic hydroxyl groups is 1. The number of allylic oxidation sites excluding steroid dienone is 3. The summed E-state index contributed by atoms with van der Waals surface area (Å²) < 4.78 is 16.7.